The van der Waals surface area contributed by atoms with Gasteiger partial charge in [0.05, 0.1) is 6.10 Å². The normalized spacial score (nSPS) is 25.0. The van der Waals surface area contributed by atoms with E-state index in [1.807, 2.05) is 6.08 Å². The van der Waals surface area contributed by atoms with Crippen molar-refractivity contribution in [3.63, 3.8) is 0 Å². The topological polar surface area (TPSA) is 12.5 Å². The van der Waals surface area contributed by atoms with E-state index in [-0.39, 0.29) is 0 Å². The van der Waals surface area contributed by atoms with Gasteiger partial charge in [0.1, 0.15) is 6.10 Å². The first kappa shape index (κ1) is 14.0. The quantitative estimate of drug-likeness (QED) is 0.379. The van der Waals surface area contributed by atoms with Crippen molar-refractivity contribution in [1.82, 2.24) is 0 Å². The van der Waals surface area contributed by atoms with Gasteiger partial charge in [0.2, 0.25) is 0 Å². The fourth-order valence-electron chi connectivity index (χ4n) is 4.15. The predicted molar refractivity (Wildman–Crippen MR) is 92.3 cm³/mol. The molecule has 22 heavy (non-hydrogen) atoms. The van der Waals surface area contributed by atoms with Crippen molar-refractivity contribution in [3.05, 3.63) is 59.7 Å². The van der Waals surface area contributed by atoms with Gasteiger partial charge in [0.15, 0.2) is 0 Å². The van der Waals surface area contributed by atoms with Crippen molar-refractivity contribution in [2.24, 2.45) is 0 Å². The zero-order valence-electron chi connectivity index (χ0n) is 13.3. The molecule has 2 aromatic carbocycles. The van der Waals surface area contributed by atoms with Crippen LogP contribution in [-0.2, 0) is 11.2 Å². The Balaban J connectivity index is 1.82. The van der Waals surface area contributed by atoms with Crippen LogP contribution in [0.25, 0.3) is 10.8 Å². The summed E-state index contributed by atoms with van der Waals surface area (Å²) >= 11 is 0. The first-order valence-electron chi connectivity index (χ1n) is 8.66. The molecule has 1 saturated heterocycles. The van der Waals surface area contributed by atoms with Crippen molar-refractivity contribution in [3.8, 4) is 0 Å². The Morgan fingerprint density at radius 1 is 1.14 bits per heavy atom. The lowest BCUT2D eigenvalue weighted by Gasteiger charge is -2.23. The Kier molecular flexibility index (Phi) is 3.54. The third-order valence-electron chi connectivity index (χ3n) is 5.29. The van der Waals surface area contributed by atoms with E-state index < -0.39 is 0 Å². The standard InChI is InChI=1S/C21H24O/c1-3-5-6-9-14-12-13-18-19-15(14)10-7-11-16(19)17(8-4-2)20-21(18)22-20/h4,7,10-13,17,20-21H,2-3,5-6,8-9H2,1H3. The van der Waals surface area contributed by atoms with Crippen LogP contribution in [0, 0.1) is 0 Å². The minimum atomic E-state index is 0.326. The second-order valence-corrected chi connectivity index (χ2v) is 6.69. The van der Waals surface area contributed by atoms with E-state index in [4.69, 9.17) is 4.74 Å². The molecule has 0 aromatic heterocycles. The molecule has 2 aromatic rings. The number of epoxide rings is 1. The molecule has 1 nitrogen and oxygen atoms in total. The molecule has 1 aliphatic carbocycles. The van der Waals surface area contributed by atoms with Crippen LogP contribution in [0.5, 0.6) is 0 Å². The third kappa shape index (κ3) is 2.11. The fourth-order valence-corrected chi connectivity index (χ4v) is 4.15. The van der Waals surface area contributed by atoms with E-state index >= 15 is 0 Å². The van der Waals surface area contributed by atoms with Gasteiger partial charge in [-0.15, -0.1) is 6.58 Å². The SMILES string of the molecule is C=CCC1c2cccc3c(CCCCC)ccc(c23)C2OC12. The molecular formula is C21H24O. The molecule has 3 atom stereocenters. The summed E-state index contributed by atoms with van der Waals surface area (Å²) in [6.45, 7) is 6.21. The largest absolute Gasteiger partial charge is 0.364 e. The zero-order chi connectivity index (χ0) is 15.1. The van der Waals surface area contributed by atoms with Crippen LogP contribution in [0.15, 0.2) is 43.0 Å². The van der Waals surface area contributed by atoms with Gasteiger partial charge in [-0.05, 0) is 46.7 Å². The van der Waals surface area contributed by atoms with Gasteiger partial charge in [-0.3, -0.25) is 0 Å². The number of ether oxygens (including phenoxy) is 1. The molecule has 1 heterocycles. The van der Waals surface area contributed by atoms with E-state index in [0.717, 1.165) is 6.42 Å². The van der Waals surface area contributed by atoms with Crippen molar-refractivity contribution >= 4 is 10.8 Å². The van der Waals surface area contributed by atoms with Gasteiger partial charge in [0, 0.05) is 5.92 Å². The Morgan fingerprint density at radius 2 is 2.05 bits per heavy atom. The highest BCUT2D eigenvalue weighted by molar-refractivity contribution is 5.93. The van der Waals surface area contributed by atoms with Crippen LogP contribution in [0.2, 0.25) is 0 Å². The van der Waals surface area contributed by atoms with Gasteiger partial charge in [-0.1, -0.05) is 56.2 Å². The molecule has 4 rings (SSSR count). The summed E-state index contributed by atoms with van der Waals surface area (Å²) in [7, 11) is 0. The molecule has 0 amide bonds. The minimum Gasteiger partial charge on any atom is -0.364 e. The monoisotopic (exact) mass is 292 g/mol. The molecule has 1 aliphatic heterocycles. The van der Waals surface area contributed by atoms with Gasteiger partial charge in [-0.25, -0.2) is 0 Å². The van der Waals surface area contributed by atoms with Crippen LogP contribution in [0.3, 0.4) is 0 Å². The summed E-state index contributed by atoms with van der Waals surface area (Å²) in [4.78, 5) is 0. The second kappa shape index (κ2) is 5.55. The van der Waals surface area contributed by atoms with Crippen LogP contribution in [0.4, 0.5) is 0 Å². The summed E-state index contributed by atoms with van der Waals surface area (Å²) in [6, 6.07) is 11.5. The molecule has 0 spiro atoms. The molecule has 0 radical (unpaired) electrons. The van der Waals surface area contributed by atoms with Crippen LogP contribution in [-0.4, -0.2) is 6.10 Å². The number of hydrogen-bond acceptors (Lipinski definition) is 1. The summed E-state index contributed by atoms with van der Waals surface area (Å²) in [5.74, 6) is 0.490. The van der Waals surface area contributed by atoms with Crippen LogP contribution >= 0.6 is 0 Å². The van der Waals surface area contributed by atoms with E-state index in [1.54, 1.807) is 0 Å². The highest BCUT2D eigenvalue weighted by Gasteiger charge is 2.50. The highest BCUT2D eigenvalue weighted by Crippen LogP contribution is 2.56. The lowest BCUT2D eigenvalue weighted by molar-refractivity contribution is 0.354. The molecule has 114 valence electrons. The number of benzene rings is 2. The van der Waals surface area contributed by atoms with Crippen LogP contribution < -0.4 is 0 Å². The van der Waals surface area contributed by atoms with E-state index in [0.29, 0.717) is 18.1 Å². The number of rotatable bonds is 6. The number of hydrogen-bond donors (Lipinski definition) is 0. The summed E-state index contributed by atoms with van der Waals surface area (Å²) in [5, 5.41) is 2.93. The Morgan fingerprint density at radius 3 is 2.86 bits per heavy atom. The average molecular weight is 292 g/mol. The number of fused-ring (bicyclic) bond motifs is 2. The number of allylic oxidation sites excluding steroid dienone is 1. The molecular weight excluding hydrogens is 268 g/mol. The van der Waals surface area contributed by atoms with Gasteiger partial charge >= 0.3 is 0 Å². The third-order valence-corrected chi connectivity index (χ3v) is 5.29. The summed E-state index contributed by atoms with van der Waals surface area (Å²) < 4.78 is 6.01. The summed E-state index contributed by atoms with van der Waals surface area (Å²) in [5.41, 5.74) is 4.39. The van der Waals surface area contributed by atoms with Gasteiger partial charge in [0.25, 0.3) is 0 Å². The maximum absolute atomic E-state index is 6.01. The zero-order valence-corrected chi connectivity index (χ0v) is 13.3. The Labute approximate surface area is 133 Å². The maximum Gasteiger partial charge on any atom is 0.110 e. The maximum atomic E-state index is 6.01. The highest BCUT2D eigenvalue weighted by atomic mass is 16.6. The first-order valence-corrected chi connectivity index (χ1v) is 8.66. The van der Waals surface area contributed by atoms with Gasteiger partial charge in [-0.2, -0.15) is 0 Å². The van der Waals surface area contributed by atoms with Crippen LogP contribution in [0.1, 0.15) is 61.3 Å². The second-order valence-electron chi connectivity index (χ2n) is 6.69. The van der Waals surface area contributed by atoms with E-state index in [2.05, 4.69) is 43.8 Å². The van der Waals surface area contributed by atoms with Crippen molar-refractivity contribution in [2.45, 2.75) is 57.2 Å². The summed E-state index contributed by atoms with van der Waals surface area (Å²) in [6.07, 6.45) is 8.83. The van der Waals surface area contributed by atoms with Crippen molar-refractivity contribution in [2.75, 3.05) is 0 Å². The lowest BCUT2D eigenvalue weighted by Crippen LogP contribution is -2.12. The molecule has 3 unspecified atom stereocenters. The molecule has 0 N–H and O–H groups in total. The molecule has 1 fully saturated rings. The fraction of sp³-hybridized carbons (Fsp3) is 0.429. The number of unbranched alkanes of at least 4 members (excludes halogenated alkanes) is 2. The minimum absolute atomic E-state index is 0.326. The Hall–Kier alpha value is -1.60. The molecule has 0 saturated carbocycles. The molecule has 0 bridgehead atoms. The molecule has 1 heteroatoms. The smallest absolute Gasteiger partial charge is 0.110 e. The lowest BCUT2D eigenvalue weighted by atomic mass is 9.78. The average Bonchev–Trinajstić information content (AvgIpc) is 3.33. The van der Waals surface area contributed by atoms with E-state index in [9.17, 15) is 0 Å². The number of aryl methyl sites for hydroxylation is 1. The van der Waals surface area contributed by atoms with Crippen molar-refractivity contribution in [1.29, 1.82) is 0 Å². The molecule has 2 aliphatic rings. The van der Waals surface area contributed by atoms with E-state index in [1.165, 1.54) is 53.1 Å². The first-order chi connectivity index (χ1) is 10.8. The Bertz CT molecular complexity index is 715. The predicted octanol–water partition coefficient (Wildman–Crippen LogP) is 5.69. The van der Waals surface area contributed by atoms with Gasteiger partial charge < -0.3 is 4.74 Å². The van der Waals surface area contributed by atoms with Crippen molar-refractivity contribution < 1.29 is 4.74 Å².